The smallest absolute Gasteiger partial charge is 0.145 e. The molecule has 0 saturated carbocycles. The van der Waals surface area contributed by atoms with Crippen LogP contribution in [0, 0.1) is 0 Å². The molecule has 2 aromatic rings. The summed E-state index contributed by atoms with van der Waals surface area (Å²) in [6, 6.07) is 13.4. The molecule has 0 radical (unpaired) electrons. The summed E-state index contributed by atoms with van der Waals surface area (Å²) in [5.41, 5.74) is 0.920. The van der Waals surface area contributed by atoms with Crippen LogP contribution in [0.2, 0.25) is 0 Å². The van der Waals surface area contributed by atoms with Crippen LogP contribution in [0.4, 0.5) is 0 Å². The normalized spacial score (nSPS) is 12.1. The largest absolute Gasteiger partial charge is 0.484 e. The molecule has 1 aromatic carbocycles. The quantitative estimate of drug-likeness (QED) is 0.855. The lowest BCUT2D eigenvalue weighted by molar-refractivity contribution is -0.118. The second-order valence-corrected chi connectivity index (χ2v) is 3.95. The van der Waals surface area contributed by atoms with Gasteiger partial charge in [-0.1, -0.05) is 18.2 Å². The van der Waals surface area contributed by atoms with E-state index in [1.165, 1.54) is 0 Å². The molecule has 3 nitrogen and oxygen atoms in total. The van der Waals surface area contributed by atoms with E-state index in [4.69, 9.17) is 4.74 Å². The van der Waals surface area contributed by atoms with Gasteiger partial charge in [0, 0.05) is 12.6 Å². The van der Waals surface area contributed by atoms with E-state index in [1.54, 1.807) is 6.92 Å². The summed E-state index contributed by atoms with van der Waals surface area (Å²) in [5, 5.41) is 0. The van der Waals surface area contributed by atoms with E-state index in [0.717, 1.165) is 11.4 Å². The molecule has 0 amide bonds. The van der Waals surface area contributed by atoms with Crippen LogP contribution in [-0.2, 0) is 4.79 Å². The van der Waals surface area contributed by atoms with E-state index in [0.29, 0.717) is 6.42 Å². The molecule has 17 heavy (non-hydrogen) atoms. The molecule has 88 valence electrons. The van der Waals surface area contributed by atoms with Crippen molar-refractivity contribution in [3.8, 4) is 5.75 Å². The monoisotopic (exact) mass is 229 g/mol. The third kappa shape index (κ3) is 3.21. The van der Waals surface area contributed by atoms with Crippen LogP contribution in [0.25, 0.3) is 0 Å². The van der Waals surface area contributed by atoms with Crippen molar-refractivity contribution in [1.29, 1.82) is 0 Å². The molecule has 1 unspecified atom stereocenters. The van der Waals surface area contributed by atoms with E-state index >= 15 is 0 Å². The minimum atomic E-state index is -0.245. The fourth-order valence-corrected chi connectivity index (χ4v) is 1.68. The lowest BCUT2D eigenvalue weighted by atomic mass is 10.1. The van der Waals surface area contributed by atoms with Gasteiger partial charge in [0.2, 0.25) is 0 Å². The molecule has 1 atom stereocenters. The first kappa shape index (κ1) is 11.5. The number of ether oxygens (including phenoxy) is 1. The van der Waals surface area contributed by atoms with Gasteiger partial charge in [-0.3, -0.25) is 4.79 Å². The summed E-state index contributed by atoms with van der Waals surface area (Å²) in [5.74, 6) is 0.883. The zero-order valence-electron chi connectivity index (χ0n) is 9.72. The van der Waals surface area contributed by atoms with Crippen molar-refractivity contribution in [2.75, 3.05) is 0 Å². The number of nitrogens with one attached hydrogen (secondary N) is 1. The number of Topliss-reactive ketones (excluding diaryl/α,β-unsaturated/α-hetero) is 1. The number of carbonyl (C=O) groups excluding carboxylic acids is 1. The van der Waals surface area contributed by atoms with Crippen LogP contribution in [0.5, 0.6) is 5.75 Å². The number of benzene rings is 1. The number of hydrogen-bond acceptors (Lipinski definition) is 2. The maximum Gasteiger partial charge on any atom is 0.145 e. The van der Waals surface area contributed by atoms with Crippen LogP contribution in [0.3, 0.4) is 0 Å². The number of carbonyl (C=O) groups is 1. The minimum absolute atomic E-state index is 0.112. The molecule has 0 aliphatic carbocycles. The molecule has 0 spiro atoms. The van der Waals surface area contributed by atoms with Crippen LogP contribution in [-0.4, -0.2) is 10.8 Å². The predicted molar refractivity (Wildman–Crippen MR) is 65.9 cm³/mol. The van der Waals surface area contributed by atoms with Crippen molar-refractivity contribution in [3.63, 3.8) is 0 Å². The Bertz CT molecular complexity index is 462. The summed E-state index contributed by atoms with van der Waals surface area (Å²) in [6.45, 7) is 1.57. The van der Waals surface area contributed by atoms with Gasteiger partial charge in [-0.15, -0.1) is 0 Å². The lowest BCUT2D eigenvalue weighted by Crippen LogP contribution is -2.11. The third-order valence-electron chi connectivity index (χ3n) is 2.46. The lowest BCUT2D eigenvalue weighted by Gasteiger charge is -2.16. The topological polar surface area (TPSA) is 42.1 Å². The Balaban J connectivity index is 2.14. The van der Waals surface area contributed by atoms with Gasteiger partial charge in [0.15, 0.2) is 0 Å². The molecule has 0 saturated heterocycles. The van der Waals surface area contributed by atoms with Crippen LogP contribution >= 0.6 is 0 Å². The van der Waals surface area contributed by atoms with Crippen LogP contribution < -0.4 is 4.74 Å². The maximum absolute atomic E-state index is 11.2. The van der Waals surface area contributed by atoms with E-state index < -0.39 is 0 Å². The van der Waals surface area contributed by atoms with Crippen molar-refractivity contribution in [3.05, 3.63) is 54.4 Å². The average Bonchev–Trinajstić information content (AvgIpc) is 2.82. The zero-order chi connectivity index (χ0) is 12.1. The number of H-pyrrole nitrogens is 1. The van der Waals surface area contributed by atoms with Gasteiger partial charge in [-0.2, -0.15) is 0 Å². The van der Waals surface area contributed by atoms with Crippen molar-refractivity contribution >= 4 is 5.78 Å². The highest BCUT2D eigenvalue weighted by atomic mass is 16.5. The molecule has 2 rings (SSSR count). The Hall–Kier alpha value is -2.03. The standard InChI is InChI=1S/C14H15NO2/c1-11(16)10-14(13-8-5-9-15-13)17-12-6-3-2-4-7-12/h2-9,14-15H,10H2,1H3. The fourth-order valence-electron chi connectivity index (χ4n) is 1.68. The third-order valence-corrected chi connectivity index (χ3v) is 2.46. The highest BCUT2D eigenvalue weighted by Crippen LogP contribution is 2.23. The average molecular weight is 229 g/mol. The van der Waals surface area contributed by atoms with E-state index in [2.05, 4.69) is 4.98 Å². The number of aromatic nitrogens is 1. The molecule has 0 bridgehead atoms. The second kappa shape index (κ2) is 5.34. The Morgan fingerprint density at radius 2 is 2.00 bits per heavy atom. The minimum Gasteiger partial charge on any atom is -0.484 e. The molecular formula is C14H15NO2. The molecule has 0 aliphatic rings. The first-order chi connectivity index (χ1) is 8.25. The summed E-state index contributed by atoms with van der Waals surface area (Å²) < 4.78 is 5.82. The highest BCUT2D eigenvalue weighted by Gasteiger charge is 2.16. The summed E-state index contributed by atoms with van der Waals surface area (Å²) in [7, 11) is 0. The van der Waals surface area contributed by atoms with Crippen LogP contribution in [0.15, 0.2) is 48.7 Å². The Morgan fingerprint density at radius 1 is 1.24 bits per heavy atom. The number of rotatable bonds is 5. The van der Waals surface area contributed by atoms with Gasteiger partial charge in [0.25, 0.3) is 0 Å². The maximum atomic E-state index is 11.2. The molecule has 0 aliphatic heterocycles. The van der Waals surface area contributed by atoms with Gasteiger partial charge in [0.1, 0.15) is 17.6 Å². The number of hydrogen-bond donors (Lipinski definition) is 1. The Labute approximate surface area is 100 Å². The summed E-state index contributed by atoms with van der Waals surface area (Å²) in [6.07, 6.45) is 1.96. The molecule has 1 N–H and O–H groups in total. The molecular weight excluding hydrogens is 214 g/mol. The Kier molecular flexibility index (Phi) is 3.60. The van der Waals surface area contributed by atoms with Crippen molar-refractivity contribution in [1.82, 2.24) is 4.98 Å². The van der Waals surface area contributed by atoms with Gasteiger partial charge < -0.3 is 9.72 Å². The van der Waals surface area contributed by atoms with Crippen LogP contribution in [0.1, 0.15) is 25.1 Å². The first-order valence-electron chi connectivity index (χ1n) is 5.60. The van der Waals surface area contributed by atoms with E-state index in [1.807, 2.05) is 48.7 Å². The number of aromatic amines is 1. The van der Waals surface area contributed by atoms with Gasteiger partial charge in [-0.05, 0) is 31.2 Å². The summed E-state index contributed by atoms with van der Waals surface area (Å²) >= 11 is 0. The van der Waals surface area contributed by atoms with Crippen molar-refractivity contribution in [2.24, 2.45) is 0 Å². The molecule has 3 heteroatoms. The zero-order valence-corrected chi connectivity index (χ0v) is 9.72. The van der Waals surface area contributed by atoms with Crippen molar-refractivity contribution < 1.29 is 9.53 Å². The summed E-state index contributed by atoms with van der Waals surface area (Å²) in [4.78, 5) is 14.3. The van der Waals surface area contributed by atoms with E-state index in [-0.39, 0.29) is 11.9 Å². The highest BCUT2D eigenvalue weighted by molar-refractivity contribution is 5.76. The Morgan fingerprint density at radius 3 is 2.59 bits per heavy atom. The SMILES string of the molecule is CC(=O)CC(Oc1ccccc1)c1ccc[nH]1. The molecule has 1 heterocycles. The predicted octanol–water partition coefficient (Wildman–Crippen LogP) is 3.11. The number of ketones is 1. The fraction of sp³-hybridized carbons (Fsp3) is 0.214. The van der Waals surface area contributed by atoms with Gasteiger partial charge in [0.05, 0.1) is 5.69 Å². The second-order valence-electron chi connectivity index (χ2n) is 3.95. The molecule has 1 aromatic heterocycles. The molecule has 0 fully saturated rings. The van der Waals surface area contributed by atoms with E-state index in [9.17, 15) is 4.79 Å². The van der Waals surface area contributed by atoms with Crippen molar-refractivity contribution in [2.45, 2.75) is 19.4 Å². The van der Waals surface area contributed by atoms with Gasteiger partial charge in [-0.25, -0.2) is 0 Å². The van der Waals surface area contributed by atoms with Gasteiger partial charge >= 0.3 is 0 Å². The number of para-hydroxylation sites is 1. The first-order valence-corrected chi connectivity index (χ1v) is 5.60.